The Morgan fingerprint density at radius 2 is 1.84 bits per heavy atom. The highest BCUT2D eigenvalue weighted by Gasteiger charge is 2.59. The van der Waals surface area contributed by atoms with Crippen LogP contribution in [0, 0.1) is 0 Å². The molecule has 0 aliphatic carbocycles. The molecule has 7 nitrogen and oxygen atoms in total. The SMILES string of the molecule is Cn1cnc2c(C(=O)N3CC[C@]4(C(=O)Nc5ccccc54)[C@@H]3c3ccccc3)ccnc21. The van der Waals surface area contributed by atoms with Gasteiger partial charge in [-0.05, 0) is 29.7 Å². The number of hydrogen-bond donors (Lipinski definition) is 1. The Kier molecular flexibility index (Phi) is 3.95. The average Bonchev–Trinajstić information content (AvgIpc) is 3.49. The summed E-state index contributed by atoms with van der Waals surface area (Å²) < 4.78 is 1.80. The van der Waals surface area contributed by atoms with Crippen molar-refractivity contribution in [3.63, 3.8) is 0 Å². The van der Waals surface area contributed by atoms with Crippen molar-refractivity contribution in [1.29, 1.82) is 0 Å². The quantitative estimate of drug-likeness (QED) is 0.536. The van der Waals surface area contributed by atoms with Gasteiger partial charge in [-0.2, -0.15) is 0 Å². The van der Waals surface area contributed by atoms with Gasteiger partial charge in [-0.3, -0.25) is 9.59 Å². The number of imidazole rings is 1. The lowest BCUT2D eigenvalue weighted by atomic mass is 9.72. The average molecular weight is 423 g/mol. The van der Waals surface area contributed by atoms with Crippen molar-refractivity contribution >= 4 is 28.7 Å². The van der Waals surface area contributed by atoms with Gasteiger partial charge in [-0.25, -0.2) is 9.97 Å². The van der Waals surface area contributed by atoms with E-state index in [1.165, 1.54) is 0 Å². The number of aromatic nitrogens is 3. The van der Waals surface area contributed by atoms with Crippen LogP contribution in [0.25, 0.3) is 11.2 Å². The molecule has 2 amide bonds. The molecule has 1 N–H and O–H groups in total. The Hall–Kier alpha value is -4.00. The molecule has 0 unspecified atom stereocenters. The molecule has 0 saturated carbocycles. The van der Waals surface area contributed by atoms with E-state index in [4.69, 9.17) is 0 Å². The summed E-state index contributed by atoms with van der Waals surface area (Å²) in [5.41, 5.74) is 3.62. The second kappa shape index (κ2) is 6.75. The number of amides is 2. The first-order chi connectivity index (χ1) is 15.6. The summed E-state index contributed by atoms with van der Waals surface area (Å²) in [6.07, 6.45) is 3.85. The zero-order valence-corrected chi connectivity index (χ0v) is 17.5. The number of pyridine rings is 1. The van der Waals surface area contributed by atoms with Crippen LogP contribution in [0.15, 0.2) is 73.2 Å². The molecule has 0 radical (unpaired) electrons. The Labute approximate surface area is 184 Å². The second-order valence-electron chi connectivity index (χ2n) is 8.42. The minimum Gasteiger partial charge on any atom is -0.330 e. The molecule has 2 aliphatic heterocycles. The summed E-state index contributed by atoms with van der Waals surface area (Å²) in [6, 6.07) is 18.9. The molecule has 158 valence electrons. The number of nitrogens with zero attached hydrogens (tertiary/aromatic N) is 4. The van der Waals surface area contributed by atoms with Crippen LogP contribution in [0.4, 0.5) is 5.69 Å². The second-order valence-corrected chi connectivity index (χ2v) is 8.42. The summed E-state index contributed by atoms with van der Waals surface area (Å²) in [7, 11) is 1.86. The number of hydrogen-bond acceptors (Lipinski definition) is 4. The Balaban J connectivity index is 1.53. The van der Waals surface area contributed by atoms with Crippen LogP contribution < -0.4 is 5.32 Å². The Morgan fingerprint density at radius 3 is 2.69 bits per heavy atom. The molecule has 4 aromatic rings. The molecular formula is C25H21N5O2. The topological polar surface area (TPSA) is 80.1 Å². The van der Waals surface area contributed by atoms with Crippen molar-refractivity contribution in [2.24, 2.45) is 7.05 Å². The van der Waals surface area contributed by atoms with Gasteiger partial charge in [0.15, 0.2) is 5.65 Å². The first-order valence-corrected chi connectivity index (χ1v) is 10.6. The van der Waals surface area contributed by atoms with Gasteiger partial charge in [-0.1, -0.05) is 48.5 Å². The summed E-state index contributed by atoms with van der Waals surface area (Å²) in [6.45, 7) is 0.469. The number of para-hydroxylation sites is 1. The number of nitrogens with one attached hydrogen (secondary N) is 1. The molecule has 1 fully saturated rings. The zero-order chi connectivity index (χ0) is 21.9. The molecule has 2 atom stereocenters. The molecule has 1 saturated heterocycles. The van der Waals surface area contributed by atoms with E-state index in [2.05, 4.69) is 15.3 Å². The van der Waals surface area contributed by atoms with Crippen LogP contribution >= 0.6 is 0 Å². The fourth-order valence-corrected chi connectivity index (χ4v) is 5.36. The minimum absolute atomic E-state index is 0.0550. The van der Waals surface area contributed by atoms with Gasteiger partial charge < -0.3 is 14.8 Å². The molecule has 7 heteroatoms. The molecule has 6 rings (SSSR count). The van der Waals surface area contributed by atoms with Crippen LogP contribution in [0.2, 0.25) is 0 Å². The number of likely N-dealkylation sites (tertiary alicyclic amines) is 1. The number of aryl methyl sites for hydroxylation is 1. The molecule has 0 bridgehead atoms. The van der Waals surface area contributed by atoms with E-state index in [9.17, 15) is 9.59 Å². The third-order valence-corrected chi connectivity index (χ3v) is 6.79. The monoisotopic (exact) mass is 423 g/mol. The highest BCUT2D eigenvalue weighted by atomic mass is 16.2. The lowest BCUT2D eigenvalue weighted by Crippen LogP contribution is -2.42. The van der Waals surface area contributed by atoms with Crippen molar-refractivity contribution in [1.82, 2.24) is 19.4 Å². The Morgan fingerprint density at radius 1 is 1.06 bits per heavy atom. The van der Waals surface area contributed by atoms with Crippen molar-refractivity contribution < 1.29 is 9.59 Å². The predicted octanol–water partition coefficient (Wildman–Crippen LogP) is 3.45. The number of rotatable bonds is 2. The molecular weight excluding hydrogens is 402 g/mol. The minimum atomic E-state index is -0.829. The standard InChI is InChI=1S/C25H21N5O2/c1-29-15-27-20-17(11-13-26-22(20)29)23(31)30-14-12-25(21(30)16-7-3-2-4-8-16)18-9-5-6-10-19(18)28-24(25)32/h2-11,13,15,21H,12,14H2,1H3,(H,28,32)/t21-,25+/m0/s1. The van der Waals surface area contributed by atoms with Crippen LogP contribution in [0.5, 0.6) is 0 Å². The number of carbonyl (C=O) groups is 2. The number of carbonyl (C=O) groups excluding carboxylic acids is 2. The fraction of sp³-hybridized carbons (Fsp3) is 0.200. The highest BCUT2D eigenvalue weighted by molar-refractivity contribution is 6.09. The lowest BCUT2D eigenvalue weighted by molar-refractivity contribution is -0.121. The van der Waals surface area contributed by atoms with E-state index >= 15 is 0 Å². The van der Waals surface area contributed by atoms with Gasteiger partial charge in [0, 0.05) is 25.5 Å². The maximum absolute atomic E-state index is 13.9. The van der Waals surface area contributed by atoms with E-state index < -0.39 is 11.5 Å². The van der Waals surface area contributed by atoms with Crippen molar-refractivity contribution in [3.8, 4) is 0 Å². The first kappa shape index (κ1) is 18.7. The predicted molar refractivity (Wildman–Crippen MR) is 120 cm³/mol. The number of fused-ring (bicyclic) bond motifs is 3. The zero-order valence-electron chi connectivity index (χ0n) is 17.5. The third kappa shape index (κ3) is 2.42. The van der Waals surface area contributed by atoms with E-state index in [-0.39, 0.29) is 11.8 Å². The van der Waals surface area contributed by atoms with Crippen molar-refractivity contribution in [2.45, 2.75) is 17.9 Å². The Bertz CT molecular complexity index is 1380. The van der Waals surface area contributed by atoms with Gasteiger partial charge in [0.05, 0.1) is 17.9 Å². The highest BCUT2D eigenvalue weighted by Crippen LogP contribution is 2.55. The number of benzene rings is 2. The summed E-state index contributed by atoms with van der Waals surface area (Å²) in [5, 5.41) is 3.06. The van der Waals surface area contributed by atoms with E-state index in [0.717, 1.165) is 16.8 Å². The van der Waals surface area contributed by atoms with Crippen molar-refractivity contribution in [2.75, 3.05) is 11.9 Å². The van der Waals surface area contributed by atoms with Crippen LogP contribution in [0.1, 0.15) is 33.9 Å². The van der Waals surface area contributed by atoms with E-state index in [1.807, 2.05) is 66.5 Å². The van der Waals surface area contributed by atoms with Crippen molar-refractivity contribution in [3.05, 3.63) is 89.9 Å². The summed E-state index contributed by atoms with van der Waals surface area (Å²) >= 11 is 0. The first-order valence-electron chi connectivity index (χ1n) is 10.6. The number of anilines is 1. The van der Waals surface area contributed by atoms with Gasteiger partial charge in [0.25, 0.3) is 5.91 Å². The lowest BCUT2D eigenvalue weighted by Gasteiger charge is -2.34. The van der Waals surface area contributed by atoms with Crippen LogP contribution in [-0.2, 0) is 17.3 Å². The molecule has 32 heavy (non-hydrogen) atoms. The molecule has 1 spiro atoms. The summed E-state index contributed by atoms with van der Waals surface area (Å²) in [5.74, 6) is -0.195. The third-order valence-electron chi connectivity index (χ3n) is 6.79. The van der Waals surface area contributed by atoms with Gasteiger partial charge in [-0.15, -0.1) is 0 Å². The van der Waals surface area contributed by atoms with E-state index in [0.29, 0.717) is 29.7 Å². The van der Waals surface area contributed by atoms with Crippen LogP contribution in [0.3, 0.4) is 0 Å². The normalized spacial score (nSPS) is 21.8. The van der Waals surface area contributed by atoms with E-state index in [1.54, 1.807) is 23.2 Å². The molecule has 4 heterocycles. The maximum atomic E-state index is 13.9. The fourth-order valence-electron chi connectivity index (χ4n) is 5.36. The van der Waals surface area contributed by atoms with Gasteiger partial charge in [0.2, 0.25) is 5.91 Å². The smallest absolute Gasteiger partial charge is 0.256 e. The largest absolute Gasteiger partial charge is 0.330 e. The summed E-state index contributed by atoms with van der Waals surface area (Å²) in [4.78, 5) is 38.0. The van der Waals surface area contributed by atoms with Gasteiger partial charge in [0.1, 0.15) is 10.9 Å². The molecule has 2 aliphatic rings. The molecule has 2 aromatic carbocycles. The van der Waals surface area contributed by atoms with Crippen LogP contribution in [-0.4, -0.2) is 37.8 Å². The van der Waals surface area contributed by atoms with Gasteiger partial charge >= 0.3 is 0 Å². The maximum Gasteiger partial charge on any atom is 0.256 e. The molecule has 2 aromatic heterocycles.